The Labute approximate surface area is 179 Å². The zero-order valence-electron chi connectivity index (χ0n) is 17.1. The largest absolute Gasteiger partial charge is 0.490 e. The summed E-state index contributed by atoms with van der Waals surface area (Å²) >= 11 is 0. The van der Waals surface area contributed by atoms with E-state index in [-0.39, 0.29) is 18.0 Å². The standard InChI is InChI=1S/C23H21N3O5/c1-16(19-10-13-22(30-2)21(14-19)26(28)29)24-25-23(27)15-31-20-11-8-18(9-12-20)17-6-4-3-5-7-17/h3-14H,15H2,1-2H3,(H,25,27)/b24-16-. The molecule has 0 aliphatic heterocycles. The highest BCUT2D eigenvalue weighted by Crippen LogP contribution is 2.27. The van der Waals surface area contributed by atoms with E-state index in [1.54, 1.807) is 25.1 Å². The summed E-state index contributed by atoms with van der Waals surface area (Å²) in [6.45, 7) is 1.42. The van der Waals surface area contributed by atoms with Gasteiger partial charge < -0.3 is 9.47 Å². The normalized spacial score (nSPS) is 11.0. The van der Waals surface area contributed by atoms with Gasteiger partial charge in [-0.25, -0.2) is 5.43 Å². The zero-order chi connectivity index (χ0) is 22.2. The maximum absolute atomic E-state index is 12.0. The Bertz CT molecular complexity index is 1100. The number of carbonyl (C=O) groups is 1. The van der Waals surface area contributed by atoms with Crippen LogP contribution in [0.1, 0.15) is 12.5 Å². The lowest BCUT2D eigenvalue weighted by Gasteiger charge is -2.08. The Morgan fingerprint density at radius 3 is 2.35 bits per heavy atom. The molecule has 0 atom stereocenters. The number of hydrogen-bond donors (Lipinski definition) is 1. The molecule has 31 heavy (non-hydrogen) atoms. The number of amides is 1. The number of nitro groups is 1. The molecule has 0 heterocycles. The molecule has 0 aliphatic carbocycles. The summed E-state index contributed by atoms with van der Waals surface area (Å²) in [6, 6.07) is 21.8. The van der Waals surface area contributed by atoms with Gasteiger partial charge in [0.25, 0.3) is 5.91 Å². The molecule has 0 aliphatic rings. The molecular weight excluding hydrogens is 398 g/mol. The molecule has 0 fully saturated rings. The number of hydrazone groups is 1. The SMILES string of the molecule is COc1ccc(/C(C)=N\NC(=O)COc2ccc(-c3ccccc3)cc2)cc1[N+](=O)[O-]. The summed E-state index contributed by atoms with van der Waals surface area (Å²) in [7, 11) is 1.36. The van der Waals surface area contributed by atoms with Crippen LogP contribution in [0.2, 0.25) is 0 Å². The van der Waals surface area contributed by atoms with Crippen molar-refractivity contribution in [1.29, 1.82) is 0 Å². The third-order valence-electron chi connectivity index (χ3n) is 4.47. The van der Waals surface area contributed by atoms with Crippen molar-refractivity contribution >= 4 is 17.3 Å². The van der Waals surface area contributed by atoms with Gasteiger partial charge in [-0.1, -0.05) is 42.5 Å². The van der Waals surface area contributed by atoms with Gasteiger partial charge in [0.1, 0.15) is 5.75 Å². The van der Waals surface area contributed by atoms with Gasteiger partial charge in [0.2, 0.25) is 0 Å². The molecule has 3 rings (SSSR count). The highest BCUT2D eigenvalue weighted by Gasteiger charge is 2.16. The predicted molar refractivity (Wildman–Crippen MR) is 117 cm³/mol. The summed E-state index contributed by atoms with van der Waals surface area (Å²) in [6.07, 6.45) is 0. The lowest BCUT2D eigenvalue weighted by Crippen LogP contribution is -2.25. The monoisotopic (exact) mass is 419 g/mol. The number of ether oxygens (including phenoxy) is 2. The maximum atomic E-state index is 12.0. The van der Waals surface area contributed by atoms with E-state index in [9.17, 15) is 14.9 Å². The highest BCUT2D eigenvalue weighted by atomic mass is 16.6. The molecule has 3 aromatic rings. The fourth-order valence-electron chi connectivity index (χ4n) is 2.82. The Balaban J connectivity index is 1.57. The van der Waals surface area contributed by atoms with Crippen molar-refractivity contribution < 1.29 is 19.2 Å². The minimum Gasteiger partial charge on any atom is -0.490 e. The average Bonchev–Trinajstić information content (AvgIpc) is 2.81. The molecule has 8 nitrogen and oxygen atoms in total. The molecule has 0 radical (unpaired) electrons. The van der Waals surface area contributed by atoms with Crippen molar-refractivity contribution in [2.75, 3.05) is 13.7 Å². The molecule has 1 amide bonds. The first kappa shape index (κ1) is 21.5. The van der Waals surface area contributed by atoms with E-state index in [1.807, 2.05) is 42.5 Å². The molecule has 0 aromatic heterocycles. The summed E-state index contributed by atoms with van der Waals surface area (Å²) < 4.78 is 10.5. The first-order valence-corrected chi connectivity index (χ1v) is 9.42. The van der Waals surface area contributed by atoms with Crippen LogP contribution in [-0.2, 0) is 4.79 Å². The number of hydrogen-bond acceptors (Lipinski definition) is 6. The van der Waals surface area contributed by atoms with E-state index in [0.29, 0.717) is 17.0 Å². The van der Waals surface area contributed by atoms with Gasteiger partial charge in [-0.05, 0) is 42.3 Å². The Morgan fingerprint density at radius 2 is 1.71 bits per heavy atom. The van der Waals surface area contributed by atoms with Crippen LogP contribution in [0.25, 0.3) is 11.1 Å². The van der Waals surface area contributed by atoms with E-state index in [2.05, 4.69) is 10.5 Å². The Hall–Kier alpha value is -4.20. The van der Waals surface area contributed by atoms with Gasteiger partial charge >= 0.3 is 5.69 Å². The second-order valence-corrected chi connectivity index (χ2v) is 6.56. The van der Waals surface area contributed by atoms with Crippen molar-refractivity contribution in [1.82, 2.24) is 5.43 Å². The summed E-state index contributed by atoms with van der Waals surface area (Å²) in [5.74, 6) is 0.257. The predicted octanol–water partition coefficient (Wildman–Crippen LogP) is 4.19. The molecule has 0 bridgehead atoms. The second kappa shape index (κ2) is 10.0. The molecule has 0 unspecified atom stereocenters. The van der Waals surface area contributed by atoms with Crippen LogP contribution in [0.15, 0.2) is 77.9 Å². The van der Waals surface area contributed by atoms with Crippen LogP contribution in [0.3, 0.4) is 0 Å². The van der Waals surface area contributed by atoms with E-state index in [1.165, 1.54) is 19.2 Å². The average molecular weight is 419 g/mol. The summed E-state index contributed by atoms with van der Waals surface area (Å²) in [4.78, 5) is 22.7. The van der Waals surface area contributed by atoms with Crippen molar-refractivity contribution in [3.05, 3.63) is 88.5 Å². The number of benzene rings is 3. The molecule has 0 spiro atoms. The lowest BCUT2D eigenvalue weighted by molar-refractivity contribution is -0.385. The highest BCUT2D eigenvalue weighted by molar-refractivity contribution is 6.00. The van der Waals surface area contributed by atoms with Crippen molar-refractivity contribution in [3.63, 3.8) is 0 Å². The van der Waals surface area contributed by atoms with Gasteiger partial charge in [0, 0.05) is 11.6 Å². The van der Waals surface area contributed by atoms with E-state index in [0.717, 1.165) is 11.1 Å². The van der Waals surface area contributed by atoms with Crippen molar-refractivity contribution in [2.45, 2.75) is 6.92 Å². The molecular formula is C23H21N3O5. The fourth-order valence-corrected chi connectivity index (χ4v) is 2.82. The van der Waals surface area contributed by atoms with Crippen LogP contribution in [-0.4, -0.2) is 30.3 Å². The minimum absolute atomic E-state index is 0.150. The van der Waals surface area contributed by atoms with Crippen LogP contribution in [0, 0.1) is 10.1 Å². The zero-order valence-corrected chi connectivity index (χ0v) is 17.1. The first-order valence-electron chi connectivity index (χ1n) is 9.42. The van der Waals surface area contributed by atoms with Gasteiger partial charge in [-0.15, -0.1) is 0 Å². The number of carbonyl (C=O) groups excluding carboxylic acids is 1. The smallest absolute Gasteiger partial charge is 0.311 e. The Kier molecular flexibility index (Phi) is 6.95. The first-order chi connectivity index (χ1) is 15.0. The van der Waals surface area contributed by atoms with Gasteiger partial charge in [0.15, 0.2) is 12.4 Å². The summed E-state index contributed by atoms with van der Waals surface area (Å²) in [5.41, 5.74) is 5.25. The topological polar surface area (TPSA) is 103 Å². The van der Waals surface area contributed by atoms with Crippen molar-refractivity contribution in [2.24, 2.45) is 5.10 Å². The number of rotatable bonds is 8. The van der Waals surface area contributed by atoms with E-state index in [4.69, 9.17) is 9.47 Å². The molecule has 8 heteroatoms. The molecule has 158 valence electrons. The van der Waals surface area contributed by atoms with E-state index < -0.39 is 10.8 Å². The van der Waals surface area contributed by atoms with Crippen LogP contribution >= 0.6 is 0 Å². The molecule has 1 N–H and O–H groups in total. The number of nitrogens with one attached hydrogen (secondary N) is 1. The van der Waals surface area contributed by atoms with Crippen LogP contribution in [0.4, 0.5) is 5.69 Å². The van der Waals surface area contributed by atoms with Gasteiger partial charge in [-0.2, -0.15) is 5.10 Å². The van der Waals surface area contributed by atoms with Crippen LogP contribution in [0.5, 0.6) is 11.5 Å². The van der Waals surface area contributed by atoms with Crippen molar-refractivity contribution in [3.8, 4) is 22.6 Å². The minimum atomic E-state index is -0.537. The van der Waals surface area contributed by atoms with Gasteiger partial charge in [0.05, 0.1) is 17.7 Å². The lowest BCUT2D eigenvalue weighted by atomic mass is 10.1. The number of nitro benzene ring substituents is 1. The maximum Gasteiger partial charge on any atom is 0.311 e. The quantitative estimate of drug-likeness (QED) is 0.335. The molecule has 0 saturated heterocycles. The second-order valence-electron chi connectivity index (χ2n) is 6.56. The third kappa shape index (κ3) is 5.66. The number of nitrogens with zero attached hydrogens (tertiary/aromatic N) is 2. The van der Waals surface area contributed by atoms with Crippen LogP contribution < -0.4 is 14.9 Å². The van der Waals surface area contributed by atoms with E-state index >= 15 is 0 Å². The fraction of sp³-hybridized carbons (Fsp3) is 0.130. The molecule has 3 aromatic carbocycles. The third-order valence-corrected chi connectivity index (χ3v) is 4.47. The van der Waals surface area contributed by atoms with Gasteiger partial charge in [-0.3, -0.25) is 14.9 Å². The number of methoxy groups -OCH3 is 1. The molecule has 0 saturated carbocycles. The summed E-state index contributed by atoms with van der Waals surface area (Å²) in [5, 5.41) is 15.1. The Morgan fingerprint density at radius 1 is 1.03 bits per heavy atom.